The molecule has 0 radical (unpaired) electrons. The number of hydrogen-bond donors (Lipinski definition) is 0. The summed E-state index contributed by atoms with van der Waals surface area (Å²) in [7, 11) is 0. The number of fused-ring (bicyclic) bond motifs is 6. The van der Waals surface area contributed by atoms with Crippen LogP contribution >= 0.6 is 0 Å². The number of nitriles is 2. The van der Waals surface area contributed by atoms with E-state index in [0.717, 1.165) is 24.2 Å². The van der Waals surface area contributed by atoms with Crippen LogP contribution in [-0.4, -0.2) is 19.1 Å². The van der Waals surface area contributed by atoms with E-state index in [4.69, 9.17) is 0 Å². The lowest BCUT2D eigenvalue weighted by atomic mass is 10.1. The van der Waals surface area contributed by atoms with Gasteiger partial charge in [-0.3, -0.25) is 0 Å². The van der Waals surface area contributed by atoms with Crippen molar-refractivity contribution in [3.63, 3.8) is 0 Å². The topological polar surface area (TPSA) is 83.2 Å². The van der Waals surface area contributed by atoms with Gasteiger partial charge in [0.05, 0.1) is 11.4 Å². The highest BCUT2D eigenvalue weighted by Crippen LogP contribution is 2.32. The highest BCUT2D eigenvalue weighted by molar-refractivity contribution is 6.09. The molecule has 0 atom stereocenters. The number of aryl methyl sites for hydroxylation is 2. The first-order valence-electron chi connectivity index (χ1n) is 14.7. The second kappa shape index (κ2) is 11.0. The maximum Gasteiger partial charge on any atom is 0.177 e. The third-order valence-corrected chi connectivity index (χ3v) is 8.26. The monoisotopic (exact) mass is 568 g/mol. The fourth-order valence-electron chi connectivity index (χ4n) is 6.24. The summed E-state index contributed by atoms with van der Waals surface area (Å²) in [5.74, 6) is 0. The van der Waals surface area contributed by atoms with E-state index < -0.39 is 0 Å². The molecule has 44 heavy (non-hydrogen) atoms. The lowest BCUT2D eigenvalue weighted by Crippen LogP contribution is -2.00. The minimum Gasteiger partial charge on any atom is -0.341 e. The first-order chi connectivity index (χ1) is 21.6. The first-order valence-corrected chi connectivity index (χ1v) is 14.7. The maximum atomic E-state index is 9.66. The summed E-state index contributed by atoms with van der Waals surface area (Å²) in [6, 6.07) is 33.8. The quantitative estimate of drug-likeness (QED) is 0.201. The summed E-state index contributed by atoms with van der Waals surface area (Å²) in [6.07, 6.45) is 7.70. The van der Waals surface area contributed by atoms with Crippen LogP contribution in [0.5, 0.6) is 0 Å². The van der Waals surface area contributed by atoms with E-state index in [0.29, 0.717) is 11.4 Å². The summed E-state index contributed by atoms with van der Waals surface area (Å²) in [5, 5.41) is 24.1. The SMILES string of the molecule is CCn1c2ccccc2c2cc(/C=C/c3nc(C#N)c(C#N)nc3/C=C/c3ccc4c(c3)c3ccccc3n4CC)ccc21. The minimum absolute atomic E-state index is 0.0135. The molecular formula is C38H28N6. The van der Waals surface area contributed by atoms with Gasteiger partial charge in [-0.25, -0.2) is 9.97 Å². The molecule has 3 heterocycles. The fraction of sp³-hybridized carbons (Fsp3) is 0.105. The van der Waals surface area contributed by atoms with Crippen molar-refractivity contribution in [2.24, 2.45) is 0 Å². The molecule has 210 valence electrons. The Morgan fingerprint density at radius 1 is 0.545 bits per heavy atom. The van der Waals surface area contributed by atoms with Gasteiger partial charge in [0.1, 0.15) is 12.1 Å². The van der Waals surface area contributed by atoms with Crippen molar-refractivity contribution in [3.05, 3.63) is 119 Å². The highest BCUT2D eigenvalue weighted by Gasteiger charge is 2.13. The van der Waals surface area contributed by atoms with Gasteiger partial charge in [0.25, 0.3) is 0 Å². The predicted octanol–water partition coefficient (Wildman–Crippen LogP) is 8.82. The Morgan fingerprint density at radius 2 is 0.955 bits per heavy atom. The largest absolute Gasteiger partial charge is 0.341 e. The summed E-state index contributed by atoms with van der Waals surface area (Å²) in [4.78, 5) is 9.07. The van der Waals surface area contributed by atoms with Gasteiger partial charge >= 0.3 is 0 Å². The smallest absolute Gasteiger partial charge is 0.177 e. The van der Waals surface area contributed by atoms with Crippen molar-refractivity contribution in [3.8, 4) is 12.1 Å². The zero-order valence-corrected chi connectivity index (χ0v) is 24.5. The number of rotatable bonds is 6. The van der Waals surface area contributed by atoms with Gasteiger partial charge in [-0.05, 0) is 73.5 Å². The van der Waals surface area contributed by atoms with Crippen molar-refractivity contribution in [2.45, 2.75) is 26.9 Å². The van der Waals surface area contributed by atoms with Crippen LogP contribution in [-0.2, 0) is 13.1 Å². The Hall–Kier alpha value is -5.98. The van der Waals surface area contributed by atoms with Gasteiger partial charge < -0.3 is 9.13 Å². The van der Waals surface area contributed by atoms with Crippen LogP contribution in [0, 0.1) is 22.7 Å². The molecule has 0 amide bonds. The van der Waals surface area contributed by atoms with Gasteiger partial charge in [-0.1, -0.05) is 60.7 Å². The molecule has 3 aromatic heterocycles. The lowest BCUT2D eigenvalue weighted by molar-refractivity contribution is 0.827. The zero-order valence-electron chi connectivity index (χ0n) is 24.5. The summed E-state index contributed by atoms with van der Waals surface area (Å²) in [5.41, 5.74) is 7.91. The van der Waals surface area contributed by atoms with Gasteiger partial charge in [0.15, 0.2) is 11.4 Å². The third-order valence-electron chi connectivity index (χ3n) is 8.26. The number of hydrogen-bond acceptors (Lipinski definition) is 4. The van der Waals surface area contributed by atoms with Gasteiger partial charge in [-0.2, -0.15) is 10.5 Å². The Labute approximate surface area is 255 Å². The first kappa shape index (κ1) is 26.9. The summed E-state index contributed by atoms with van der Waals surface area (Å²) in [6.45, 7) is 6.10. The number of para-hydroxylation sites is 2. The molecule has 0 unspecified atom stereocenters. The molecule has 0 fully saturated rings. The Balaban J connectivity index is 1.29. The zero-order chi connectivity index (χ0) is 30.2. The minimum atomic E-state index is 0.0135. The van der Waals surface area contributed by atoms with E-state index in [2.05, 4.69) is 118 Å². The second-order valence-corrected chi connectivity index (χ2v) is 10.7. The molecule has 4 aromatic carbocycles. The average molecular weight is 569 g/mol. The van der Waals surface area contributed by atoms with Crippen LogP contribution in [0.25, 0.3) is 67.9 Å². The van der Waals surface area contributed by atoms with Crippen molar-refractivity contribution >= 4 is 67.9 Å². The molecule has 6 heteroatoms. The van der Waals surface area contributed by atoms with E-state index >= 15 is 0 Å². The van der Waals surface area contributed by atoms with Gasteiger partial charge in [-0.15, -0.1) is 0 Å². The van der Waals surface area contributed by atoms with Crippen molar-refractivity contribution in [1.82, 2.24) is 19.1 Å². The molecule has 6 nitrogen and oxygen atoms in total. The highest BCUT2D eigenvalue weighted by atomic mass is 15.0. The number of aromatic nitrogens is 4. The molecule has 0 aliphatic heterocycles. The van der Waals surface area contributed by atoms with Gasteiger partial charge in [0, 0.05) is 56.7 Å². The van der Waals surface area contributed by atoms with Crippen molar-refractivity contribution < 1.29 is 0 Å². The van der Waals surface area contributed by atoms with E-state index in [9.17, 15) is 10.5 Å². The molecule has 0 spiro atoms. The molecule has 0 aliphatic rings. The van der Waals surface area contributed by atoms with Crippen molar-refractivity contribution in [1.29, 1.82) is 10.5 Å². The van der Waals surface area contributed by atoms with Crippen molar-refractivity contribution in [2.75, 3.05) is 0 Å². The fourth-order valence-corrected chi connectivity index (χ4v) is 6.24. The van der Waals surface area contributed by atoms with Crippen LogP contribution < -0.4 is 0 Å². The van der Waals surface area contributed by atoms with Crippen LogP contribution in [0.15, 0.2) is 84.9 Å². The van der Waals surface area contributed by atoms with E-state index in [1.165, 1.54) is 43.6 Å². The summed E-state index contributed by atoms with van der Waals surface area (Å²) >= 11 is 0. The molecule has 0 aliphatic carbocycles. The molecule has 7 rings (SSSR count). The normalized spacial score (nSPS) is 11.8. The second-order valence-electron chi connectivity index (χ2n) is 10.7. The van der Waals surface area contributed by atoms with Crippen LogP contribution in [0.1, 0.15) is 47.8 Å². The molecule has 7 aromatic rings. The third kappa shape index (κ3) is 4.42. The molecular weight excluding hydrogens is 540 g/mol. The van der Waals surface area contributed by atoms with Gasteiger partial charge in [0.2, 0.25) is 0 Å². The lowest BCUT2D eigenvalue weighted by Gasteiger charge is -2.04. The molecule has 0 saturated carbocycles. The molecule has 0 bridgehead atoms. The number of nitrogens with zero attached hydrogens (tertiary/aromatic N) is 6. The van der Waals surface area contributed by atoms with E-state index in [1.54, 1.807) is 0 Å². The van der Waals surface area contributed by atoms with Crippen LogP contribution in [0.4, 0.5) is 0 Å². The predicted molar refractivity (Wildman–Crippen MR) is 180 cm³/mol. The average Bonchev–Trinajstić information content (AvgIpc) is 3.57. The van der Waals surface area contributed by atoms with Crippen LogP contribution in [0.2, 0.25) is 0 Å². The maximum absolute atomic E-state index is 9.66. The van der Waals surface area contributed by atoms with E-state index in [1.807, 2.05) is 36.4 Å². The van der Waals surface area contributed by atoms with Crippen LogP contribution in [0.3, 0.4) is 0 Å². The Kier molecular flexibility index (Phi) is 6.73. The Morgan fingerprint density at radius 3 is 1.36 bits per heavy atom. The Bertz CT molecular complexity index is 2220. The summed E-state index contributed by atoms with van der Waals surface area (Å²) < 4.78 is 4.65. The number of benzene rings is 4. The standard InChI is InChI=1S/C38H28N6/c1-3-43-35-11-7-5-9-27(35)29-21-25(15-19-37(29)43)13-17-31-32(42-34(24-40)33(23-39)41-31)18-14-26-16-20-38-30(22-26)28-10-6-8-12-36(28)44(38)4-2/h5-22H,3-4H2,1-2H3/b17-13+,18-14+. The molecule has 0 saturated heterocycles. The van der Waals surface area contributed by atoms with E-state index in [-0.39, 0.29) is 11.4 Å². The molecule has 0 N–H and O–H groups in total.